The number of hydrogen-bond acceptors (Lipinski definition) is 3. The number of rotatable bonds is 6. The van der Waals surface area contributed by atoms with Crippen molar-refractivity contribution in [1.29, 1.82) is 0 Å². The summed E-state index contributed by atoms with van der Waals surface area (Å²) in [6, 6.07) is 10.2. The van der Waals surface area contributed by atoms with Crippen LogP contribution in [-0.4, -0.2) is 26.7 Å². The van der Waals surface area contributed by atoms with Crippen molar-refractivity contribution in [3.8, 4) is 5.75 Å². The van der Waals surface area contributed by atoms with Crippen LogP contribution in [0.3, 0.4) is 0 Å². The molecule has 1 aromatic heterocycles. The lowest BCUT2D eigenvalue weighted by atomic mass is 10.1. The van der Waals surface area contributed by atoms with Crippen LogP contribution in [0, 0.1) is 0 Å². The highest BCUT2D eigenvalue weighted by Crippen LogP contribution is 2.17. The lowest BCUT2D eigenvalue weighted by Crippen LogP contribution is -2.38. The molecule has 118 valence electrons. The summed E-state index contributed by atoms with van der Waals surface area (Å²) in [6.45, 7) is 3.78. The predicted molar refractivity (Wildman–Crippen MR) is 93.9 cm³/mol. The Labute approximate surface area is 136 Å². The Balaban J connectivity index is 1.82. The Bertz CT molecular complexity index is 596. The molecule has 0 saturated carbocycles. The zero-order chi connectivity index (χ0) is 15.8. The topological polar surface area (TPSA) is 45.7 Å². The minimum absolute atomic E-state index is 0.460. The van der Waals surface area contributed by atoms with E-state index < -0.39 is 0 Å². The minimum Gasteiger partial charge on any atom is -0.497 e. The fourth-order valence-electron chi connectivity index (χ4n) is 2.11. The first-order valence-corrected chi connectivity index (χ1v) is 8.26. The Morgan fingerprint density at radius 3 is 2.86 bits per heavy atom. The zero-order valence-electron chi connectivity index (χ0n) is 13.3. The molecule has 0 aliphatic heterocycles. The van der Waals surface area contributed by atoms with Gasteiger partial charge in [0.25, 0.3) is 0 Å². The summed E-state index contributed by atoms with van der Waals surface area (Å²) in [7, 11) is 3.47. The van der Waals surface area contributed by atoms with E-state index in [1.165, 1.54) is 5.56 Å². The standard InChI is InChI=1S/C17H23N3OS/c1-13(15-7-8-22-12-15)10-19-17(18-2)20-11-14-5-4-6-16(9-14)21-3/h4-9,12-13H,10-11H2,1-3H3,(H2,18,19,20). The van der Waals surface area contributed by atoms with E-state index in [1.54, 1.807) is 25.5 Å². The van der Waals surface area contributed by atoms with E-state index in [0.717, 1.165) is 23.8 Å². The molecule has 0 radical (unpaired) electrons. The van der Waals surface area contributed by atoms with Gasteiger partial charge < -0.3 is 15.4 Å². The molecule has 0 aliphatic rings. The average Bonchev–Trinajstić information content (AvgIpc) is 3.09. The van der Waals surface area contributed by atoms with E-state index in [0.29, 0.717) is 12.5 Å². The number of ether oxygens (including phenoxy) is 1. The van der Waals surface area contributed by atoms with Gasteiger partial charge in [-0.05, 0) is 46.0 Å². The van der Waals surface area contributed by atoms with E-state index >= 15 is 0 Å². The van der Waals surface area contributed by atoms with Gasteiger partial charge in [0.2, 0.25) is 0 Å². The quantitative estimate of drug-likeness (QED) is 0.635. The van der Waals surface area contributed by atoms with E-state index in [4.69, 9.17) is 4.74 Å². The normalized spacial score (nSPS) is 12.8. The van der Waals surface area contributed by atoms with Gasteiger partial charge in [-0.15, -0.1) is 0 Å². The molecule has 1 aromatic carbocycles. The van der Waals surface area contributed by atoms with Crippen molar-refractivity contribution in [2.24, 2.45) is 4.99 Å². The van der Waals surface area contributed by atoms with E-state index in [2.05, 4.69) is 45.4 Å². The largest absolute Gasteiger partial charge is 0.497 e. The first-order valence-electron chi connectivity index (χ1n) is 7.32. The minimum atomic E-state index is 0.460. The smallest absolute Gasteiger partial charge is 0.191 e. The molecule has 0 aliphatic carbocycles. The molecule has 2 rings (SSSR count). The monoisotopic (exact) mass is 317 g/mol. The van der Waals surface area contributed by atoms with Crippen LogP contribution in [0.5, 0.6) is 5.75 Å². The molecule has 0 spiro atoms. The summed E-state index contributed by atoms with van der Waals surface area (Å²) in [4.78, 5) is 4.26. The summed E-state index contributed by atoms with van der Waals surface area (Å²) in [6.07, 6.45) is 0. The Morgan fingerprint density at radius 1 is 1.32 bits per heavy atom. The molecule has 2 aromatic rings. The number of methoxy groups -OCH3 is 1. The van der Waals surface area contributed by atoms with Crippen LogP contribution in [0.4, 0.5) is 0 Å². The molecule has 0 fully saturated rings. The summed E-state index contributed by atoms with van der Waals surface area (Å²) in [5.74, 6) is 2.14. The first-order chi connectivity index (χ1) is 10.7. The molecule has 2 N–H and O–H groups in total. The van der Waals surface area contributed by atoms with Gasteiger partial charge in [-0.25, -0.2) is 0 Å². The van der Waals surface area contributed by atoms with Crippen molar-refractivity contribution in [2.45, 2.75) is 19.4 Å². The van der Waals surface area contributed by atoms with Gasteiger partial charge >= 0.3 is 0 Å². The number of benzene rings is 1. The highest BCUT2D eigenvalue weighted by Gasteiger charge is 2.07. The Morgan fingerprint density at radius 2 is 2.18 bits per heavy atom. The lowest BCUT2D eigenvalue weighted by molar-refractivity contribution is 0.414. The second kappa shape index (κ2) is 8.44. The van der Waals surface area contributed by atoms with Crippen LogP contribution in [0.2, 0.25) is 0 Å². The van der Waals surface area contributed by atoms with Crippen LogP contribution in [0.25, 0.3) is 0 Å². The molecule has 4 nitrogen and oxygen atoms in total. The molecule has 22 heavy (non-hydrogen) atoms. The van der Waals surface area contributed by atoms with Crippen LogP contribution >= 0.6 is 11.3 Å². The van der Waals surface area contributed by atoms with Crippen molar-refractivity contribution >= 4 is 17.3 Å². The Kier molecular flexibility index (Phi) is 6.27. The SMILES string of the molecule is CN=C(NCc1cccc(OC)c1)NCC(C)c1ccsc1. The summed E-state index contributed by atoms with van der Waals surface area (Å²) in [5, 5.41) is 11.0. The summed E-state index contributed by atoms with van der Waals surface area (Å²) in [5.41, 5.74) is 2.52. The number of thiophene rings is 1. The van der Waals surface area contributed by atoms with E-state index in [1.807, 2.05) is 18.2 Å². The summed E-state index contributed by atoms with van der Waals surface area (Å²) < 4.78 is 5.24. The molecule has 1 atom stereocenters. The molecule has 0 bridgehead atoms. The van der Waals surface area contributed by atoms with Crippen molar-refractivity contribution in [3.05, 3.63) is 52.2 Å². The van der Waals surface area contributed by atoms with Crippen LogP contribution in [0.15, 0.2) is 46.1 Å². The molecule has 5 heteroatoms. The molecular weight excluding hydrogens is 294 g/mol. The summed E-state index contributed by atoms with van der Waals surface area (Å²) >= 11 is 1.73. The van der Waals surface area contributed by atoms with Gasteiger partial charge in [0.1, 0.15) is 5.75 Å². The van der Waals surface area contributed by atoms with Crippen molar-refractivity contribution < 1.29 is 4.74 Å². The van der Waals surface area contributed by atoms with Crippen LogP contribution in [0.1, 0.15) is 24.0 Å². The van der Waals surface area contributed by atoms with E-state index in [9.17, 15) is 0 Å². The number of nitrogens with one attached hydrogen (secondary N) is 2. The zero-order valence-corrected chi connectivity index (χ0v) is 14.1. The molecule has 1 unspecified atom stereocenters. The fourth-order valence-corrected chi connectivity index (χ4v) is 2.89. The van der Waals surface area contributed by atoms with Crippen molar-refractivity contribution in [3.63, 3.8) is 0 Å². The van der Waals surface area contributed by atoms with Crippen molar-refractivity contribution in [2.75, 3.05) is 20.7 Å². The Hall–Kier alpha value is -2.01. The van der Waals surface area contributed by atoms with Gasteiger partial charge in [0.15, 0.2) is 5.96 Å². The highest BCUT2D eigenvalue weighted by atomic mass is 32.1. The maximum atomic E-state index is 5.24. The maximum Gasteiger partial charge on any atom is 0.191 e. The number of hydrogen-bond donors (Lipinski definition) is 2. The van der Waals surface area contributed by atoms with Gasteiger partial charge in [-0.1, -0.05) is 19.1 Å². The van der Waals surface area contributed by atoms with Gasteiger partial charge in [0, 0.05) is 20.1 Å². The van der Waals surface area contributed by atoms with Crippen LogP contribution in [-0.2, 0) is 6.54 Å². The molecule has 0 amide bonds. The maximum absolute atomic E-state index is 5.24. The van der Waals surface area contributed by atoms with Gasteiger partial charge in [-0.3, -0.25) is 4.99 Å². The number of nitrogens with zero attached hydrogens (tertiary/aromatic N) is 1. The lowest BCUT2D eigenvalue weighted by Gasteiger charge is -2.15. The third-order valence-electron chi connectivity index (χ3n) is 3.51. The first kappa shape index (κ1) is 16.4. The van der Waals surface area contributed by atoms with Crippen LogP contribution < -0.4 is 15.4 Å². The molecule has 1 heterocycles. The van der Waals surface area contributed by atoms with Gasteiger partial charge in [0.05, 0.1) is 7.11 Å². The van der Waals surface area contributed by atoms with E-state index in [-0.39, 0.29) is 0 Å². The predicted octanol–water partition coefficient (Wildman–Crippen LogP) is 3.23. The fraction of sp³-hybridized carbons (Fsp3) is 0.353. The van der Waals surface area contributed by atoms with Gasteiger partial charge in [-0.2, -0.15) is 11.3 Å². The average molecular weight is 317 g/mol. The molecular formula is C17H23N3OS. The number of aliphatic imine (C=N–C) groups is 1. The third-order valence-corrected chi connectivity index (χ3v) is 4.21. The number of guanidine groups is 1. The third kappa shape index (κ3) is 4.77. The molecule has 0 saturated heterocycles. The second-order valence-corrected chi connectivity index (χ2v) is 5.90. The highest BCUT2D eigenvalue weighted by molar-refractivity contribution is 7.07. The second-order valence-electron chi connectivity index (χ2n) is 5.12. The van der Waals surface area contributed by atoms with Crippen molar-refractivity contribution in [1.82, 2.24) is 10.6 Å².